The van der Waals surface area contributed by atoms with Crippen molar-refractivity contribution in [1.82, 2.24) is 24.5 Å². The Morgan fingerprint density at radius 2 is 1.57 bits per heavy atom. The molecule has 1 aliphatic rings. The summed E-state index contributed by atoms with van der Waals surface area (Å²) >= 11 is 0. The molecule has 4 heterocycles. The molecule has 0 unspecified atom stereocenters. The Labute approximate surface area is 166 Å². The van der Waals surface area contributed by atoms with E-state index in [1.165, 1.54) is 24.5 Å². The zero-order valence-corrected chi connectivity index (χ0v) is 15.5. The minimum atomic E-state index is -4.60. The lowest BCUT2D eigenvalue weighted by atomic mass is 10.2. The number of piperazine rings is 1. The maximum absolute atomic E-state index is 13.1. The van der Waals surface area contributed by atoms with E-state index in [0.29, 0.717) is 44.0 Å². The van der Waals surface area contributed by atoms with Crippen LogP contribution in [0.4, 0.5) is 32.0 Å². The molecule has 160 valence electrons. The summed E-state index contributed by atoms with van der Waals surface area (Å²) in [5, 5.41) is 6.76. The molecule has 1 fully saturated rings. The lowest BCUT2D eigenvalue weighted by molar-refractivity contribution is -0.145. The van der Waals surface area contributed by atoms with Gasteiger partial charge in [0.15, 0.2) is 5.65 Å². The summed E-state index contributed by atoms with van der Waals surface area (Å²) in [5.74, 6) is -1.08. The predicted octanol–water partition coefficient (Wildman–Crippen LogP) is 3.48. The van der Waals surface area contributed by atoms with Crippen LogP contribution in [0.2, 0.25) is 0 Å². The highest BCUT2D eigenvalue weighted by Crippen LogP contribution is 2.29. The van der Waals surface area contributed by atoms with Crippen LogP contribution < -0.4 is 4.90 Å². The van der Waals surface area contributed by atoms with Gasteiger partial charge in [-0.2, -0.15) is 26.3 Å². The van der Waals surface area contributed by atoms with Gasteiger partial charge in [-0.1, -0.05) is 6.07 Å². The highest BCUT2D eigenvalue weighted by molar-refractivity contribution is 5.52. The van der Waals surface area contributed by atoms with E-state index in [1.54, 1.807) is 6.07 Å². The third-order valence-corrected chi connectivity index (χ3v) is 4.90. The van der Waals surface area contributed by atoms with Gasteiger partial charge in [0, 0.05) is 45.1 Å². The van der Waals surface area contributed by atoms with Crippen LogP contribution in [0.5, 0.6) is 0 Å². The van der Waals surface area contributed by atoms with E-state index in [0.717, 1.165) is 10.5 Å². The first kappa shape index (κ1) is 20.4. The number of rotatable bonds is 3. The average Bonchev–Trinajstić information content (AvgIpc) is 3.12. The molecule has 6 nitrogen and oxygen atoms in total. The fraction of sp³-hybridized carbons (Fsp3) is 0.389. The zero-order valence-electron chi connectivity index (χ0n) is 15.5. The molecule has 12 heteroatoms. The lowest BCUT2D eigenvalue weighted by Gasteiger charge is -2.36. The standard InChI is InChI=1S/C18H16F6N6/c19-17(20,21)14-3-1-12(9-25-14)10-28-5-7-29(8-6-28)13-2-4-15-26-27-16(18(22,23)24)30(15)11-13/h1-4,9,11H,5-8,10H2. The molecule has 0 atom stereocenters. The molecular formula is C18H16F6N6. The largest absolute Gasteiger partial charge is 0.452 e. The van der Waals surface area contributed by atoms with E-state index in [4.69, 9.17) is 0 Å². The summed E-state index contributed by atoms with van der Waals surface area (Å²) in [5.41, 5.74) is 0.457. The minimum absolute atomic E-state index is 0.111. The van der Waals surface area contributed by atoms with E-state index in [2.05, 4.69) is 20.1 Å². The number of hydrogen-bond acceptors (Lipinski definition) is 5. The van der Waals surface area contributed by atoms with Crippen LogP contribution >= 0.6 is 0 Å². The van der Waals surface area contributed by atoms with Gasteiger partial charge in [0.25, 0.3) is 0 Å². The molecule has 0 spiro atoms. The van der Waals surface area contributed by atoms with E-state index in [-0.39, 0.29) is 5.65 Å². The number of hydrogen-bond donors (Lipinski definition) is 0. The number of fused-ring (bicyclic) bond motifs is 1. The van der Waals surface area contributed by atoms with Crippen LogP contribution in [-0.2, 0) is 18.9 Å². The maximum Gasteiger partial charge on any atom is 0.452 e. The van der Waals surface area contributed by atoms with Crippen molar-refractivity contribution in [2.24, 2.45) is 0 Å². The Kier molecular flexibility index (Phi) is 5.04. The van der Waals surface area contributed by atoms with Crippen molar-refractivity contribution in [3.05, 3.63) is 53.7 Å². The summed E-state index contributed by atoms with van der Waals surface area (Å²) in [4.78, 5) is 7.46. The van der Waals surface area contributed by atoms with Gasteiger partial charge in [0.2, 0.25) is 5.82 Å². The fourth-order valence-corrected chi connectivity index (χ4v) is 3.37. The monoisotopic (exact) mass is 430 g/mol. The number of anilines is 1. The number of pyridine rings is 2. The molecule has 1 saturated heterocycles. The molecule has 0 aromatic carbocycles. The summed E-state index contributed by atoms with van der Waals surface area (Å²) in [6.07, 6.45) is -6.49. The van der Waals surface area contributed by atoms with Crippen molar-refractivity contribution in [1.29, 1.82) is 0 Å². The summed E-state index contributed by atoms with van der Waals surface area (Å²) in [6.45, 7) is 2.77. The molecule has 4 rings (SSSR count). The molecule has 3 aromatic rings. The molecule has 0 saturated carbocycles. The highest BCUT2D eigenvalue weighted by atomic mass is 19.4. The third-order valence-electron chi connectivity index (χ3n) is 4.90. The summed E-state index contributed by atoms with van der Waals surface area (Å²) in [7, 11) is 0. The molecule has 3 aromatic heterocycles. The topological polar surface area (TPSA) is 49.6 Å². The van der Waals surface area contributed by atoms with Crippen LogP contribution in [0.1, 0.15) is 17.1 Å². The van der Waals surface area contributed by atoms with E-state index >= 15 is 0 Å². The van der Waals surface area contributed by atoms with Crippen LogP contribution in [-0.4, -0.2) is 50.7 Å². The SMILES string of the molecule is FC(F)(F)c1ccc(CN2CCN(c3ccc4nnc(C(F)(F)F)n4c3)CC2)cn1. The summed E-state index contributed by atoms with van der Waals surface area (Å²) in [6, 6.07) is 5.54. The maximum atomic E-state index is 13.1. The molecule has 0 aliphatic carbocycles. The van der Waals surface area contributed by atoms with Gasteiger partial charge in [0.1, 0.15) is 5.69 Å². The Hall–Kier alpha value is -2.89. The van der Waals surface area contributed by atoms with Crippen molar-refractivity contribution >= 4 is 11.3 Å². The van der Waals surface area contributed by atoms with Crippen LogP contribution in [0.25, 0.3) is 5.65 Å². The van der Waals surface area contributed by atoms with Crippen LogP contribution in [0.3, 0.4) is 0 Å². The van der Waals surface area contributed by atoms with Crippen molar-refractivity contribution in [3.63, 3.8) is 0 Å². The second-order valence-electron chi connectivity index (χ2n) is 6.95. The van der Waals surface area contributed by atoms with Gasteiger partial charge in [-0.25, -0.2) is 0 Å². The Balaban J connectivity index is 1.41. The molecular weight excluding hydrogens is 414 g/mol. The van der Waals surface area contributed by atoms with Gasteiger partial charge in [0.05, 0.1) is 5.69 Å². The molecule has 0 N–H and O–H groups in total. The van der Waals surface area contributed by atoms with E-state index in [9.17, 15) is 26.3 Å². The molecule has 1 aliphatic heterocycles. The average molecular weight is 430 g/mol. The van der Waals surface area contributed by atoms with Crippen molar-refractivity contribution in [2.45, 2.75) is 18.9 Å². The van der Waals surface area contributed by atoms with Crippen molar-refractivity contribution in [2.75, 3.05) is 31.1 Å². The molecule has 30 heavy (non-hydrogen) atoms. The third kappa shape index (κ3) is 4.18. The first-order valence-electron chi connectivity index (χ1n) is 9.03. The normalized spacial score (nSPS) is 16.4. The Morgan fingerprint density at radius 3 is 2.17 bits per heavy atom. The predicted molar refractivity (Wildman–Crippen MR) is 94.7 cm³/mol. The van der Waals surface area contributed by atoms with Gasteiger partial charge in [-0.05, 0) is 23.8 Å². The van der Waals surface area contributed by atoms with E-state index < -0.39 is 23.9 Å². The van der Waals surface area contributed by atoms with Crippen LogP contribution in [0.15, 0.2) is 36.7 Å². The number of halogens is 6. The highest BCUT2D eigenvalue weighted by Gasteiger charge is 2.37. The molecule has 0 radical (unpaired) electrons. The number of alkyl halides is 6. The first-order chi connectivity index (χ1) is 14.1. The Bertz CT molecular complexity index is 1020. The first-order valence-corrected chi connectivity index (χ1v) is 9.03. The second-order valence-corrected chi connectivity index (χ2v) is 6.95. The quantitative estimate of drug-likeness (QED) is 0.596. The fourth-order valence-electron chi connectivity index (χ4n) is 3.37. The van der Waals surface area contributed by atoms with Crippen molar-refractivity contribution < 1.29 is 26.3 Å². The van der Waals surface area contributed by atoms with Crippen LogP contribution in [0, 0.1) is 0 Å². The molecule has 0 amide bonds. The Morgan fingerprint density at radius 1 is 0.833 bits per heavy atom. The van der Waals surface area contributed by atoms with Gasteiger partial charge < -0.3 is 4.90 Å². The van der Waals surface area contributed by atoms with Crippen molar-refractivity contribution in [3.8, 4) is 0 Å². The number of nitrogens with zero attached hydrogens (tertiary/aromatic N) is 6. The summed E-state index contributed by atoms with van der Waals surface area (Å²) < 4.78 is 77.9. The zero-order chi connectivity index (χ0) is 21.5. The van der Waals surface area contributed by atoms with E-state index in [1.807, 2.05) is 4.90 Å². The minimum Gasteiger partial charge on any atom is -0.368 e. The van der Waals surface area contributed by atoms with Gasteiger partial charge in [-0.15, -0.1) is 10.2 Å². The van der Waals surface area contributed by atoms with Gasteiger partial charge >= 0.3 is 12.4 Å². The smallest absolute Gasteiger partial charge is 0.368 e. The lowest BCUT2D eigenvalue weighted by Crippen LogP contribution is -2.46. The van der Waals surface area contributed by atoms with Gasteiger partial charge in [-0.3, -0.25) is 14.3 Å². The molecule has 0 bridgehead atoms. The number of aromatic nitrogens is 4. The second kappa shape index (κ2) is 7.42.